The molecule has 0 radical (unpaired) electrons. The van der Waals surface area contributed by atoms with Gasteiger partial charge in [0.1, 0.15) is 0 Å². The summed E-state index contributed by atoms with van der Waals surface area (Å²) in [6.45, 7) is 2.78. The van der Waals surface area contributed by atoms with Gasteiger partial charge in [0.05, 0.1) is 5.69 Å². The first-order valence-corrected chi connectivity index (χ1v) is 6.93. The molecule has 0 fully saturated rings. The van der Waals surface area contributed by atoms with Crippen molar-refractivity contribution >= 4 is 23.1 Å². The van der Waals surface area contributed by atoms with Gasteiger partial charge < -0.3 is 4.90 Å². The van der Waals surface area contributed by atoms with E-state index in [9.17, 15) is 0 Å². The smallest absolute Gasteiger partial charge is 0.303 e. The van der Waals surface area contributed by atoms with Gasteiger partial charge in [-0.1, -0.05) is 6.07 Å². The van der Waals surface area contributed by atoms with E-state index in [1.54, 1.807) is 0 Å². The Kier molecular flexibility index (Phi) is 8.68. The van der Waals surface area contributed by atoms with E-state index in [4.69, 9.17) is 0 Å². The number of pyridine rings is 1. The van der Waals surface area contributed by atoms with Crippen molar-refractivity contribution < 1.29 is 17.1 Å². The topological polar surface area (TPSA) is 16.1 Å². The van der Waals surface area contributed by atoms with E-state index in [-0.39, 0.29) is 40.1 Å². The van der Waals surface area contributed by atoms with Crippen LogP contribution in [0.5, 0.6) is 0 Å². The molecular weight excluding hydrogens is 324 g/mol. The minimum absolute atomic E-state index is 0. The van der Waals surface area contributed by atoms with Crippen LogP contribution in [0, 0.1) is 0 Å². The fourth-order valence-electron chi connectivity index (χ4n) is 2.44. The van der Waals surface area contributed by atoms with Crippen LogP contribution >= 0.6 is 0 Å². The second kappa shape index (κ2) is 9.98. The Morgan fingerprint density at radius 3 is 2.50 bits per heavy atom. The maximum absolute atomic E-state index is 4.44. The van der Waals surface area contributed by atoms with Crippen LogP contribution in [0.1, 0.15) is 16.8 Å². The molecule has 2 aromatic carbocycles. The van der Waals surface area contributed by atoms with Gasteiger partial charge in [0.25, 0.3) is 0 Å². The number of hydrogen-bond acceptors (Lipinski definition) is 2. The van der Waals surface area contributed by atoms with Gasteiger partial charge in [-0.15, -0.1) is 0 Å². The van der Waals surface area contributed by atoms with Gasteiger partial charge in [0.15, 0.2) is 0 Å². The number of hydrogen-bond donors (Lipinski definition) is 0. The summed E-state index contributed by atoms with van der Waals surface area (Å²) in [6.07, 6.45) is 1.86. The van der Waals surface area contributed by atoms with Gasteiger partial charge in [-0.3, -0.25) is 4.98 Å². The third-order valence-electron chi connectivity index (χ3n) is 3.39. The minimum Gasteiger partial charge on any atom is -0.303 e. The van der Waals surface area contributed by atoms with E-state index in [0.29, 0.717) is 0 Å². The molecule has 22 heavy (non-hydrogen) atoms. The van der Waals surface area contributed by atoms with Crippen molar-refractivity contribution in [2.75, 3.05) is 0 Å². The van der Waals surface area contributed by atoms with E-state index < -0.39 is 0 Å². The standard InChI is InChI=1S/C18H18N2.Fe.Mg/c1-2-8-16(7-1)13-20(14-17-9-3-4-10-17)15-18-11-5-6-12-19-18;;/h1-12H,13-15H2;;/q-2;;+2. The first-order valence-electron chi connectivity index (χ1n) is 6.93. The molecule has 4 heteroatoms. The van der Waals surface area contributed by atoms with Crippen molar-refractivity contribution in [1.82, 2.24) is 9.88 Å². The Bertz CT molecular complexity index is 570. The Morgan fingerprint density at radius 2 is 1.86 bits per heavy atom. The van der Waals surface area contributed by atoms with E-state index in [1.165, 1.54) is 11.1 Å². The molecule has 0 amide bonds. The van der Waals surface area contributed by atoms with Crippen LogP contribution < -0.4 is 0 Å². The van der Waals surface area contributed by atoms with Crippen molar-refractivity contribution in [1.29, 1.82) is 0 Å². The van der Waals surface area contributed by atoms with E-state index in [2.05, 4.69) is 64.5 Å². The monoisotopic (exact) mass is 342 g/mol. The molecule has 0 N–H and O–H groups in total. The van der Waals surface area contributed by atoms with Gasteiger partial charge in [0.2, 0.25) is 0 Å². The quantitative estimate of drug-likeness (QED) is 0.504. The molecule has 0 atom stereocenters. The predicted octanol–water partition coefficient (Wildman–Crippen LogP) is 3.34. The van der Waals surface area contributed by atoms with Crippen molar-refractivity contribution in [2.45, 2.75) is 19.6 Å². The maximum Gasteiger partial charge on any atom is 2.00 e. The molecule has 0 aliphatic heterocycles. The Balaban J connectivity index is 0.00000121. The Morgan fingerprint density at radius 1 is 0.955 bits per heavy atom. The zero-order valence-electron chi connectivity index (χ0n) is 12.5. The molecule has 0 aliphatic carbocycles. The molecule has 2 nitrogen and oxygen atoms in total. The van der Waals surface area contributed by atoms with Crippen LogP contribution in [0.3, 0.4) is 0 Å². The number of nitrogens with zero attached hydrogens (tertiary/aromatic N) is 2. The second-order valence-corrected chi connectivity index (χ2v) is 5.05. The fraction of sp³-hybridized carbons (Fsp3) is 0.167. The third kappa shape index (κ3) is 5.71. The zero-order valence-corrected chi connectivity index (χ0v) is 15.0. The van der Waals surface area contributed by atoms with E-state index >= 15 is 0 Å². The summed E-state index contributed by atoms with van der Waals surface area (Å²) in [6, 6.07) is 23.2. The van der Waals surface area contributed by atoms with Crippen LogP contribution in [-0.4, -0.2) is 32.9 Å². The molecule has 0 saturated heterocycles. The average Bonchev–Trinajstić information content (AvgIpc) is 3.13. The average molecular weight is 343 g/mol. The van der Waals surface area contributed by atoms with Crippen LogP contribution in [0.25, 0.3) is 0 Å². The molecule has 0 saturated carbocycles. The summed E-state index contributed by atoms with van der Waals surface area (Å²) >= 11 is 0. The summed E-state index contributed by atoms with van der Waals surface area (Å²) in [5.41, 5.74) is 3.82. The second-order valence-electron chi connectivity index (χ2n) is 5.05. The molecule has 3 aromatic rings. The van der Waals surface area contributed by atoms with Gasteiger partial charge in [0, 0.05) is 29.8 Å². The maximum atomic E-state index is 4.44. The third-order valence-corrected chi connectivity index (χ3v) is 3.39. The summed E-state index contributed by atoms with van der Waals surface area (Å²) in [4.78, 5) is 6.86. The summed E-state index contributed by atoms with van der Waals surface area (Å²) in [5, 5.41) is 0. The molecule has 1 heterocycles. The largest absolute Gasteiger partial charge is 2.00 e. The van der Waals surface area contributed by atoms with Crippen molar-refractivity contribution in [3.63, 3.8) is 0 Å². The van der Waals surface area contributed by atoms with Crippen molar-refractivity contribution in [2.24, 2.45) is 0 Å². The van der Waals surface area contributed by atoms with Crippen LogP contribution in [0.4, 0.5) is 0 Å². The molecule has 0 spiro atoms. The van der Waals surface area contributed by atoms with E-state index in [1.807, 2.05) is 18.3 Å². The molecule has 0 unspecified atom stereocenters. The SMILES string of the molecule is [Fe].[Mg+2].c1ccc(CN(Cc2cc[cH-]c2)Cc2ccc[cH-]2)nc1. The van der Waals surface area contributed by atoms with Gasteiger partial charge in [-0.25, -0.2) is 18.2 Å². The summed E-state index contributed by atoms with van der Waals surface area (Å²) < 4.78 is 0. The number of rotatable bonds is 6. The van der Waals surface area contributed by atoms with Crippen molar-refractivity contribution in [3.8, 4) is 0 Å². The van der Waals surface area contributed by atoms with Gasteiger partial charge >= 0.3 is 23.1 Å². The normalized spacial score (nSPS) is 10.0. The summed E-state index contributed by atoms with van der Waals surface area (Å²) in [5.74, 6) is 0. The van der Waals surface area contributed by atoms with Gasteiger partial charge in [-0.05, 0) is 25.2 Å². The first kappa shape index (κ1) is 19.1. The van der Waals surface area contributed by atoms with Crippen LogP contribution in [0.2, 0.25) is 0 Å². The molecule has 3 rings (SSSR count). The number of aromatic nitrogens is 1. The Hall–Kier alpha value is -0.904. The van der Waals surface area contributed by atoms with Crippen LogP contribution in [0.15, 0.2) is 72.9 Å². The minimum atomic E-state index is 0. The Labute approximate surface area is 158 Å². The van der Waals surface area contributed by atoms with E-state index in [0.717, 1.165) is 25.3 Å². The fourth-order valence-corrected chi connectivity index (χ4v) is 2.44. The molecule has 0 aliphatic rings. The summed E-state index contributed by atoms with van der Waals surface area (Å²) in [7, 11) is 0. The molecule has 1 aromatic heterocycles. The molecule has 0 bridgehead atoms. The first-order chi connectivity index (χ1) is 9.90. The molecular formula is C18H18FeMgN2. The predicted molar refractivity (Wildman–Crippen MR) is 87.0 cm³/mol. The molecule has 110 valence electrons. The van der Waals surface area contributed by atoms with Crippen molar-refractivity contribution in [3.05, 3.63) is 89.7 Å². The zero-order chi connectivity index (χ0) is 13.6. The van der Waals surface area contributed by atoms with Crippen LogP contribution in [-0.2, 0) is 36.7 Å². The van der Waals surface area contributed by atoms with Gasteiger partial charge in [-0.2, -0.15) is 41.5 Å².